The van der Waals surface area contributed by atoms with E-state index in [9.17, 15) is 0 Å². The van der Waals surface area contributed by atoms with Crippen molar-refractivity contribution in [1.82, 2.24) is 15.3 Å². The zero-order valence-corrected chi connectivity index (χ0v) is 11.8. The van der Waals surface area contributed by atoms with Gasteiger partial charge in [-0.2, -0.15) is 0 Å². The summed E-state index contributed by atoms with van der Waals surface area (Å²) >= 11 is 0. The number of nitrogens with two attached hydrogens (primary N) is 1. The minimum Gasteiger partial charge on any atom is -0.329 e. The van der Waals surface area contributed by atoms with Crippen LogP contribution in [0.25, 0.3) is 0 Å². The smallest absolute Gasteiger partial charge is 0.0420 e. The molecule has 1 aliphatic rings. The molecule has 0 aromatic heterocycles. The van der Waals surface area contributed by atoms with Gasteiger partial charge in [-0.1, -0.05) is 26.2 Å². The predicted molar refractivity (Wildman–Crippen MR) is 73.8 cm³/mol. The molecule has 1 fully saturated rings. The number of piperazine rings is 1. The number of likely N-dealkylation sites (N-methyl/N-ethyl adjacent to an activating group) is 1. The molecule has 0 aliphatic carbocycles. The third-order valence-electron chi connectivity index (χ3n) is 3.71. The molecule has 0 amide bonds. The molecule has 0 bridgehead atoms. The molecule has 1 rings (SSSR count). The van der Waals surface area contributed by atoms with Gasteiger partial charge in [-0.05, 0) is 20.4 Å². The first-order valence-corrected chi connectivity index (χ1v) is 7.01. The molecule has 0 radical (unpaired) electrons. The average Bonchev–Trinajstić information content (AvgIpc) is 2.33. The van der Waals surface area contributed by atoms with Crippen LogP contribution < -0.4 is 11.2 Å². The van der Waals surface area contributed by atoms with Gasteiger partial charge in [0.25, 0.3) is 0 Å². The Hall–Kier alpha value is -0.160. The number of nitrogens with one attached hydrogen (secondary N) is 1. The second-order valence-electron chi connectivity index (χ2n) is 5.62. The first-order chi connectivity index (χ1) is 8.09. The van der Waals surface area contributed by atoms with Crippen molar-refractivity contribution in [3.63, 3.8) is 0 Å². The summed E-state index contributed by atoms with van der Waals surface area (Å²) in [5, 5.41) is 2.35. The van der Waals surface area contributed by atoms with Crippen molar-refractivity contribution in [2.75, 3.05) is 39.8 Å². The Labute approximate surface area is 106 Å². The monoisotopic (exact) mass is 242 g/mol. The van der Waals surface area contributed by atoms with Crippen LogP contribution in [0.4, 0.5) is 0 Å². The summed E-state index contributed by atoms with van der Waals surface area (Å²) in [4.78, 5) is 2.37. The van der Waals surface area contributed by atoms with Gasteiger partial charge in [0.05, 0.1) is 0 Å². The molecule has 1 heterocycles. The first kappa shape index (κ1) is 14.9. The molecule has 0 aromatic carbocycles. The second-order valence-corrected chi connectivity index (χ2v) is 5.62. The third kappa shape index (κ3) is 5.34. The van der Waals surface area contributed by atoms with Crippen molar-refractivity contribution in [3.05, 3.63) is 0 Å². The molecule has 0 saturated carbocycles. The van der Waals surface area contributed by atoms with Crippen molar-refractivity contribution in [2.24, 2.45) is 5.73 Å². The van der Waals surface area contributed by atoms with E-state index in [1.165, 1.54) is 25.7 Å². The van der Waals surface area contributed by atoms with Gasteiger partial charge in [0, 0.05) is 38.3 Å². The van der Waals surface area contributed by atoms with Gasteiger partial charge in [0.1, 0.15) is 0 Å². The Morgan fingerprint density at radius 3 is 2.35 bits per heavy atom. The lowest BCUT2D eigenvalue weighted by Gasteiger charge is -2.40. The van der Waals surface area contributed by atoms with Crippen molar-refractivity contribution in [2.45, 2.75) is 45.1 Å². The molecule has 17 heavy (non-hydrogen) atoms. The fraction of sp³-hybridized carbons (Fsp3) is 1.00. The SMILES string of the molecule is CCCCCC(C)(CN)NN1CCN(C)CC1. The number of rotatable bonds is 7. The Morgan fingerprint density at radius 2 is 1.82 bits per heavy atom. The molecule has 1 atom stereocenters. The maximum atomic E-state index is 5.93. The van der Waals surface area contributed by atoms with Crippen LogP contribution in [0.1, 0.15) is 39.5 Å². The summed E-state index contributed by atoms with van der Waals surface area (Å²) in [5.41, 5.74) is 9.65. The van der Waals surface area contributed by atoms with Crippen LogP contribution in [0.15, 0.2) is 0 Å². The molecule has 3 N–H and O–H groups in total. The summed E-state index contributed by atoms with van der Waals surface area (Å²) in [5.74, 6) is 0. The second kappa shape index (κ2) is 7.31. The summed E-state index contributed by atoms with van der Waals surface area (Å²) < 4.78 is 0. The van der Waals surface area contributed by atoms with Crippen molar-refractivity contribution >= 4 is 0 Å². The molecule has 4 heteroatoms. The highest BCUT2D eigenvalue weighted by Gasteiger charge is 2.25. The van der Waals surface area contributed by atoms with E-state index in [1.54, 1.807) is 0 Å². The Morgan fingerprint density at radius 1 is 1.18 bits per heavy atom. The van der Waals surface area contributed by atoms with E-state index < -0.39 is 0 Å². The van der Waals surface area contributed by atoms with Gasteiger partial charge in [0.15, 0.2) is 0 Å². The highest BCUT2D eigenvalue weighted by Crippen LogP contribution is 2.14. The Kier molecular flexibility index (Phi) is 6.41. The van der Waals surface area contributed by atoms with Crippen LogP contribution in [-0.2, 0) is 0 Å². The number of hydrogen-bond acceptors (Lipinski definition) is 4. The summed E-state index contributed by atoms with van der Waals surface area (Å²) in [6.07, 6.45) is 5.02. The van der Waals surface area contributed by atoms with Gasteiger partial charge in [-0.25, -0.2) is 10.4 Å². The lowest BCUT2D eigenvalue weighted by atomic mass is 9.95. The van der Waals surface area contributed by atoms with Gasteiger partial charge in [-0.3, -0.25) is 0 Å². The van der Waals surface area contributed by atoms with E-state index in [4.69, 9.17) is 5.73 Å². The first-order valence-electron chi connectivity index (χ1n) is 7.01. The van der Waals surface area contributed by atoms with Gasteiger partial charge >= 0.3 is 0 Å². The van der Waals surface area contributed by atoms with E-state index in [2.05, 4.69) is 36.2 Å². The number of hydrogen-bond donors (Lipinski definition) is 2. The van der Waals surface area contributed by atoms with Gasteiger partial charge in [0.2, 0.25) is 0 Å². The average molecular weight is 242 g/mol. The summed E-state index contributed by atoms with van der Waals surface area (Å²) in [6, 6.07) is 0. The highest BCUT2D eigenvalue weighted by molar-refractivity contribution is 4.84. The van der Waals surface area contributed by atoms with Crippen LogP contribution in [0.3, 0.4) is 0 Å². The molecule has 0 aromatic rings. The van der Waals surface area contributed by atoms with Crippen molar-refractivity contribution in [1.29, 1.82) is 0 Å². The standard InChI is InChI=1S/C13H30N4/c1-4-5-6-7-13(2,12-14)15-17-10-8-16(3)9-11-17/h15H,4-12,14H2,1-3H3. The Balaban J connectivity index is 2.33. The van der Waals surface area contributed by atoms with Crippen LogP contribution in [-0.4, -0.2) is 55.2 Å². The molecule has 102 valence electrons. The number of unbranched alkanes of at least 4 members (excludes halogenated alkanes) is 2. The normalized spacial score (nSPS) is 22.6. The van der Waals surface area contributed by atoms with E-state index in [-0.39, 0.29) is 5.54 Å². The van der Waals surface area contributed by atoms with E-state index in [0.29, 0.717) is 6.54 Å². The maximum Gasteiger partial charge on any atom is 0.0420 e. The molecule has 0 spiro atoms. The molecule has 1 aliphatic heterocycles. The lowest BCUT2D eigenvalue weighted by Crippen LogP contribution is -2.60. The minimum atomic E-state index is 0.0745. The van der Waals surface area contributed by atoms with Crippen LogP contribution in [0.5, 0.6) is 0 Å². The molecule has 4 nitrogen and oxygen atoms in total. The molecule has 1 unspecified atom stereocenters. The number of hydrazine groups is 1. The predicted octanol–water partition coefficient (Wildman–Crippen LogP) is 1.04. The molecule has 1 saturated heterocycles. The van der Waals surface area contributed by atoms with Crippen molar-refractivity contribution < 1.29 is 0 Å². The fourth-order valence-corrected chi connectivity index (χ4v) is 2.27. The van der Waals surface area contributed by atoms with E-state index in [0.717, 1.165) is 26.2 Å². The summed E-state index contributed by atoms with van der Waals surface area (Å²) in [6.45, 7) is 9.68. The quantitative estimate of drug-likeness (QED) is 0.655. The van der Waals surface area contributed by atoms with Crippen LogP contribution >= 0.6 is 0 Å². The highest BCUT2D eigenvalue weighted by atomic mass is 15.5. The minimum absolute atomic E-state index is 0.0745. The topological polar surface area (TPSA) is 44.5 Å². The largest absolute Gasteiger partial charge is 0.329 e. The molecular formula is C13H30N4. The van der Waals surface area contributed by atoms with Gasteiger partial charge < -0.3 is 10.6 Å². The van der Waals surface area contributed by atoms with Crippen LogP contribution in [0.2, 0.25) is 0 Å². The van der Waals surface area contributed by atoms with Gasteiger partial charge in [-0.15, -0.1) is 0 Å². The maximum absolute atomic E-state index is 5.93. The van der Waals surface area contributed by atoms with E-state index >= 15 is 0 Å². The zero-order valence-electron chi connectivity index (χ0n) is 11.8. The van der Waals surface area contributed by atoms with Crippen LogP contribution in [0, 0.1) is 0 Å². The lowest BCUT2D eigenvalue weighted by molar-refractivity contribution is 0.0567. The third-order valence-corrected chi connectivity index (χ3v) is 3.71. The summed E-state index contributed by atoms with van der Waals surface area (Å²) in [7, 11) is 2.18. The fourth-order valence-electron chi connectivity index (χ4n) is 2.27. The number of nitrogens with zero attached hydrogens (tertiary/aromatic N) is 2. The van der Waals surface area contributed by atoms with E-state index in [1.807, 2.05) is 0 Å². The molecular weight excluding hydrogens is 212 g/mol. The zero-order chi connectivity index (χ0) is 12.7. The Bertz CT molecular complexity index is 202. The van der Waals surface area contributed by atoms with Crippen molar-refractivity contribution in [3.8, 4) is 0 Å².